The number of hydrogen-bond donors (Lipinski definition) is 0. The van der Waals surface area contributed by atoms with Crippen LogP contribution in [0.1, 0.15) is 79.8 Å². The first-order valence-electron chi connectivity index (χ1n) is 8.39. The molecule has 116 valence electrons. The van der Waals surface area contributed by atoms with Crippen LogP contribution >= 0.6 is 11.3 Å². The fraction of sp³-hybridized carbons (Fsp3) is 0.765. The van der Waals surface area contributed by atoms with E-state index in [1.165, 1.54) is 35.6 Å². The molecular formula is C17H25NO2S. The highest BCUT2D eigenvalue weighted by Gasteiger charge is 2.34. The number of aromatic nitrogens is 1. The highest BCUT2D eigenvalue weighted by molar-refractivity contribution is 7.11. The molecule has 1 heterocycles. The van der Waals surface area contributed by atoms with Gasteiger partial charge in [-0.05, 0) is 51.4 Å². The van der Waals surface area contributed by atoms with E-state index in [-0.39, 0.29) is 11.9 Å². The Labute approximate surface area is 131 Å². The van der Waals surface area contributed by atoms with Crippen molar-refractivity contribution in [3.8, 4) is 0 Å². The number of carbonyl (C=O) groups is 1. The summed E-state index contributed by atoms with van der Waals surface area (Å²) >= 11 is 1.87. The molecule has 3 unspecified atom stereocenters. The molecule has 1 fully saturated rings. The SMILES string of the molecule is CCOC(=O)C1CCCc2sc(C3CCC(CC)C3)nc21. The number of nitrogens with zero attached hydrogens (tertiary/aromatic N) is 1. The average molecular weight is 307 g/mol. The van der Waals surface area contributed by atoms with Crippen LogP contribution in [0, 0.1) is 5.92 Å². The van der Waals surface area contributed by atoms with E-state index < -0.39 is 0 Å². The summed E-state index contributed by atoms with van der Waals surface area (Å²) in [5.74, 6) is 1.32. The number of esters is 1. The van der Waals surface area contributed by atoms with Gasteiger partial charge in [-0.25, -0.2) is 4.98 Å². The monoisotopic (exact) mass is 307 g/mol. The van der Waals surface area contributed by atoms with Crippen molar-refractivity contribution in [1.82, 2.24) is 4.98 Å². The minimum atomic E-state index is -0.109. The average Bonchev–Trinajstić information content (AvgIpc) is 3.13. The molecule has 0 amide bonds. The van der Waals surface area contributed by atoms with Gasteiger partial charge >= 0.3 is 5.97 Å². The van der Waals surface area contributed by atoms with Crippen molar-refractivity contribution in [2.75, 3.05) is 6.61 Å². The van der Waals surface area contributed by atoms with E-state index in [4.69, 9.17) is 9.72 Å². The minimum Gasteiger partial charge on any atom is -0.465 e. The molecule has 0 N–H and O–H groups in total. The van der Waals surface area contributed by atoms with Crippen LogP contribution in [-0.4, -0.2) is 17.6 Å². The third-order valence-corrected chi connectivity index (χ3v) is 6.30. The Morgan fingerprint density at radius 1 is 1.33 bits per heavy atom. The first kappa shape index (κ1) is 15.0. The van der Waals surface area contributed by atoms with Crippen molar-refractivity contribution in [3.05, 3.63) is 15.6 Å². The van der Waals surface area contributed by atoms with E-state index in [9.17, 15) is 4.79 Å². The summed E-state index contributed by atoms with van der Waals surface area (Å²) in [5.41, 5.74) is 1.04. The topological polar surface area (TPSA) is 39.2 Å². The van der Waals surface area contributed by atoms with E-state index >= 15 is 0 Å². The van der Waals surface area contributed by atoms with Gasteiger partial charge in [-0.3, -0.25) is 4.79 Å². The molecular weight excluding hydrogens is 282 g/mol. The molecule has 0 spiro atoms. The Bertz CT molecular complexity index is 511. The van der Waals surface area contributed by atoms with Gasteiger partial charge in [0.15, 0.2) is 0 Å². The lowest BCUT2D eigenvalue weighted by atomic mass is 9.91. The maximum absolute atomic E-state index is 12.1. The molecule has 4 heteroatoms. The van der Waals surface area contributed by atoms with Gasteiger partial charge in [0.1, 0.15) is 5.92 Å². The van der Waals surface area contributed by atoms with E-state index in [0.29, 0.717) is 12.5 Å². The lowest BCUT2D eigenvalue weighted by molar-refractivity contribution is -0.145. The predicted octanol–water partition coefficient (Wildman–Crippen LogP) is 4.42. The molecule has 0 aromatic carbocycles. The second kappa shape index (κ2) is 6.47. The van der Waals surface area contributed by atoms with Crippen LogP contribution in [0.2, 0.25) is 0 Å². The van der Waals surface area contributed by atoms with Gasteiger partial charge < -0.3 is 4.74 Å². The van der Waals surface area contributed by atoms with Crippen molar-refractivity contribution in [3.63, 3.8) is 0 Å². The lowest BCUT2D eigenvalue weighted by Crippen LogP contribution is -2.20. The Morgan fingerprint density at radius 3 is 2.90 bits per heavy atom. The number of thiazole rings is 1. The summed E-state index contributed by atoms with van der Waals surface area (Å²) in [6.45, 7) is 4.62. The summed E-state index contributed by atoms with van der Waals surface area (Å²) in [5, 5.41) is 1.28. The lowest BCUT2D eigenvalue weighted by Gasteiger charge is -2.19. The summed E-state index contributed by atoms with van der Waals surface area (Å²) in [6.07, 6.45) is 8.26. The van der Waals surface area contributed by atoms with Crippen molar-refractivity contribution in [2.45, 2.75) is 70.6 Å². The Morgan fingerprint density at radius 2 is 2.19 bits per heavy atom. The molecule has 1 aromatic rings. The molecule has 3 nitrogen and oxygen atoms in total. The Hall–Kier alpha value is -0.900. The van der Waals surface area contributed by atoms with Gasteiger partial charge in [-0.15, -0.1) is 11.3 Å². The van der Waals surface area contributed by atoms with Gasteiger partial charge in [0.25, 0.3) is 0 Å². The van der Waals surface area contributed by atoms with Crippen molar-refractivity contribution >= 4 is 17.3 Å². The van der Waals surface area contributed by atoms with Crippen LogP contribution in [0.4, 0.5) is 0 Å². The van der Waals surface area contributed by atoms with Gasteiger partial charge in [-0.1, -0.05) is 13.3 Å². The summed E-state index contributed by atoms with van der Waals surface area (Å²) < 4.78 is 5.23. The third kappa shape index (κ3) is 3.01. The fourth-order valence-electron chi connectivity index (χ4n) is 3.75. The number of carbonyl (C=O) groups excluding carboxylic acids is 1. The van der Waals surface area contributed by atoms with Crippen molar-refractivity contribution in [1.29, 1.82) is 0 Å². The van der Waals surface area contributed by atoms with Gasteiger partial charge in [0, 0.05) is 10.8 Å². The van der Waals surface area contributed by atoms with Crippen LogP contribution in [0.5, 0.6) is 0 Å². The first-order chi connectivity index (χ1) is 10.2. The molecule has 21 heavy (non-hydrogen) atoms. The molecule has 0 aliphatic heterocycles. The van der Waals surface area contributed by atoms with E-state index in [1.807, 2.05) is 18.3 Å². The van der Waals surface area contributed by atoms with Gasteiger partial charge in [-0.2, -0.15) is 0 Å². The second-order valence-corrected chi connectivity index (χ2v) is 7.46. The maximum Gasteiger partial charge on any atom is 0.315 e. The van der Waals surface area contributed by atoms with Crippen molar-refractivity contribution < 1.29 is 9.53 Å². The molecule has 3 atom stereocenters. The van der Waals surface area contributed by atoms with Gasteiger partial charge in [0.05, 0.1) is 17.3 Å². The number of aryl methyl sites for hydroxylation is 1. The third-order valence-electron chi connectivity index (χ3n) is 5.01. The summed E-state index contributed by atoms with van der Waals surface area (Å²) in [6, 6.07) is 0. The fourth-order valence-corrected chi connectivity index (χ4v) is 5.07. The zero-order valence-electron chi connectivity index (χ0n) is 13.1. The molecule has 0 saturated heterocycles. The van der Waals surface area contributed by atoms with Gasteiger partial charge in [0.2, 0.25) is 0 Å². The number of ether oxygens (including phenoxy) is 1. The standard InChI is InChI=1S/C17H25NO2S/c1-3-11-8-9-12(10-11)16-18-15-13(17(19)20-4-2)6-5-7-14(15)21-16/h11-13H,3-10H2,1-2H3. The largest absolute Gasteiger partial charge is 0.465 e. The molecule has 2 aliphatic carbocycles. The Balaban J connectivity index is 1.79. The molecule has 3 rings (SSSR count). The zero-order chi connectivity index (χ0) is 14.8. The number of rotatable bonds is 4. The van der Waals surface area contributed by atoms with Crippen LogP contribution < -0.4 is 0 Å². The first-order valence-corrected chi connectivity index (χ1v) is 9.20. The zero-order valence-corrected chi connectivity index (χ0v) is 13.9. The number of fused-ring (bicyclic) bond motifs is 1. The highest BCUT2D eigenvalue weighted by atomic mass is 32.1. The van der Waals surface area contributed by atoms with Crippen LogP contribution in [0.3, 0.4) is 0 Å². The summed E-state index contributed by atoms with van der Waals surface area (Å²) in [7, 11) is 0. The smallest absolute Gasteiger partial charge is 0.315 e. The van der Waals surface area contributed by atoms with Crippen LogP contribution in [0.15, 0.2) is 0 Å². The van der Waals surface area contributed by atoms with Crippen LogP contribution in [-0.2, 0) is 16.0 Å². The molecule has 2 aliphatic rings. The molecule has 1 aromatic heterocycles. The van der Waals surface area contributed by atoms with E-state index in [2.05, 4.69) is 6.92 Å². The molecule has 1 saturated carbocycles. The molecule has 0 radical (unpaired) electrons. The quantitative estimate of drug-likeness (QED) is 0.773. The maximum atomic E-state index is 12.1. The highest BCUT2D eigenvalue weighted by Crippen LogP contribution is 2.44. The van der Waals surface area contributed by atoms with E-state index in [0.717, 1.165) is 30.9 Å². The second-order valence-electron chi connectivity index (χ2n) is 6.34. The molecule has 0 bridgehead atoms. The van der Waals surface area contributed by atoms with Crippen molar-refractivity contribution in [2.24, 2.45) is 5.92 Å². The van der Waals surface area contributed by atoms with Crippen LogP contribution in [0.25, 0.3) is 0 Å². The number of hydrogen-bond acceptors (Lipinski definition) is 4. The minimum absolute atomic E-state index is 0.0758. The van der Waals surface area contributed by atoms with E-state index in [1.54, 1.807) is 0 Å². The predicted molar refractivity (Wildman–Crippen MR) is 84.8 cm³/mol. The summed E-state index contributed by atoms with van der Waals surface area (Å²) in [4.78, 5) is 18.4. The normalized spacial score (nSPS) is 28.4. The Kier molecular flexibility index (Phi) is 4.63.